The highest BCUT2D eigenvalue weighted by molar-refractivity contribution is 6.30. The number of nitrogens with two attached hydrogens (primary N) is 2. The first-order valence-corrected chi connectivity index (χ1v) is 10.5. The third kappa shape index (κ3) is 5.88. The van der Waals surface area contributed by atoms with Crippen LogP contribution in [0.5, 0.6) is 0 Å². The standard InChI is InChI=1S/C22H27ClN6O2/c23-17-7-9-18(10-8-17)26-21(31)29-14-4-12-22(15-29,16-5-2-1-3-6-16)13-11-19(30)27-20(24)28-25/h1-3,5-10H,4,11-15,25H2,(H,26,31)(H3,24,27,28,30). The summed E-state index contributed by atoms with van der Waals surface area (Å²) in [7, 11) is 0. The number of likely N-dealkylation sites (tertiary alicyclic amines) is 1. The van der Waals surface area contributed by atoms with Crippen molar-refractivity contribution < 1.29 is 9.59 Å². The fraction of sp³-hybridized carbons (Fsp3) is 0.318. The average molecular weight is 443 g/mol. The molecule has 1 heterocycles. The van der Waals surface area contributed by atoms with Gasteiger partial charge in [0.2, 0.25) is 11.9 Å². The molecule has 0 bridgehead atoms. The molecule has 3 amide bonds. The first kappa shape index (κ1) is 22.4. The molecule has 1 aliphatic heterocycles. The second-order valence-corrected chi connectivity index (χ2v) is 8.11. The summed E-state index contributed by atoms with van der Waals surface area (Å²) in [4.78, 5) is 27.0. The van der Waals surface area contributed by atoms with Crippen molar-refractivity contribution in [2.24, 2.45) is 16.7 Å². The minimum absolute atomic E-state index is 0.119. The minimum atomic E-state index is -0.344. The number of amides is 3. The van der Waals surface area contributed by atoms with Crippen molar-refractivity contribution in [3.8, 4) is 0 Å². The molecule has 2 aromatic carbocycles. The molecule has 8 nitrogen and oxygen atoms in total. The van der Waals surface area contributed by atoms with E-state index in [-0.39, 0.29) is 29.7 Å². The Morgan fingerprint density at radius 3 is 2.52 bits per heavy atom. The van der Waals surface area contributed by atoms with Gasteiger partial charge in [0.15, 0.2) is 0 Å². The molecule has 2 aromatic rings. The molecule has 6 N–H and O–H groups in total. The van der Waals surface area contributed by atoms with Crippen LogP contribution in [0.2, 0.25) is 5.02 Å². The van der Waals surface area contributed by atoms with Crippen molar-refractivity contribution in [1.29, 1.82) is 0 Å². The van der Waals surface area contributed by atoms with Crippen molar-refractivity contribution in [1.82, 2.24) is 10.2 Å². The molecule has 0 spiro atoms. The summed E-state index contributed by atoms with van der Waals surface area (Å²) >= 11 is 5.93. The Morgan fingerprint density at radius 2 is 1.84 bits per heavy atom. The van der Waals surface area contributed by atoms with Crippen molar-refractivity contribution in [2.45, 2.75) is 31.1 Å². The lowest BCUT2D eigenvalue weighted by Crippen LogP contribution is -2.50. The summed E-state index contributed by atoms with van der Waals surface area (Å²) in [5.41, 5.74) is 6.94. The molecule has 0 aliphatic carbocycles. The third-order valence-electron chi connectivity index (χ3n) is 5.58. The highest BCUT2D eigenvalue weighted by Crippen LogP contribution is 2.38. The Bertz CT molecular complexity index is 935. The number of nitrogens with zero attached hydrogens (tertiary/aromatic N) is 2. The molecule has 1 fully saturated rings. The Labute approximate surface area is 186 Å². The minimum Gasteiger partial charge on any atom is -0.368 e. The second-order valence-electron chi connectivity index (χ2n) is 7.67. The Hall–Kier alpha value is -3.26. The summed E-state index contributed by atoms with van der Waals surface area (Å²) in [5.74, 6) is 4.71. The predicted octanol–water partition coefficient (Wildman–Crippen LogP) is 2.99. The maximum absolute atomic E-state index is 13.0. The van der Waals surface area contributed by atoms with Crippen LogP contribution in [0.25, 0.3) is 0 Å². The maximum atomic E-state index is 13.0. The Morgan fingerprint density at radius 1 is 1.13 bits per heavy atom. The number of urea groups is 1. The molecule has 0 radical (unpaired) electrons. The van der Waals surface area contributed by atoms with Crippen LogP contribution in [0.3, 0.4) is 0 Å². The number of anilines is 1. The molecular weight excluding hydrogens is 416 g/mol. The number of nitrogens with one attached hydrogen (secondary N) is 2. The molecule has 31 heavy (non-hydrogen) atoms. The first-order valence-electron chi connectivity index (χ1n) is 10.1. The molecule has 0 saturated carbocycles. The van der Waals surface area contributed by atoms with E-state index in [0.717, 1.165) is 18.4 Å². The molecule has 3 rings (SSSR count). The zero-order valence-corrected chi connectivity index (χ0v) is 17.9. The Kier molecular flexibility index (Phi) is 7.36. The van der Waals surface area contributed by atoms with E-state index in [2.05, 4.69) is 15.7 Å². The molecule has 9 heteroatoms. The molecule has 1 saturated heterocycles. The van der Waals surface area contributed by atoms with E-state index < -0.39 is 0 Å². The summed E-state index contributed by atoms with van der Waals surface area (Å²) < 4.78 is 0. The monoisotopic (exact) mass is 442 g/mol. The van der Waals surface area contributed by atoms with E-state index in [1.807, 2.05) is 30.3 Å². The van der Waals surface area contributed by atoms with Gasteiger partial charge in [-0.25, -0.2) is 4.79 Å². The summed E-state index contributed by atoms with van der Waals surface area (Å²) in [6.07, 6.45) is 2.50. The topological polar surface area (TPSA) is 126 Å². The van der Waals surface area contributed by atoms with Gasteiger partial charge < -0.3 is 21.8 Å². The van der Waals surface area contributed by atoms with Crippen LogP contribution >= 0.6 is 11.6 Å². The lowest BCUT2D eigenvalue weighted by Gasteiger charge is -2.43. The highest BCUT2D eigenvalue weighted by atomic mass is 35.5. The van der Waals surface area contributed by atoms with Gasteiger partial charge in [0.25, 0.3) is 0 Å². The number of halogens is 1. The molecular formula is C22H27ClN6O2. The number of carbonyl (C=O) groups excluding carboxylic acids is 2. The van der Waals surface area contributed by atoms with Crippen LogP contribution in [0.1, 0.15) is 31.2 Å². The zero-order valence-electron chi connectivity index (χ0n) is 17.2. The number of piperidine rings is 1. The average Bonchev–Trinajstić information content (AvgIpc) is 2.80. The fourth-order valence-corrected chi connectivity index (χ4v) is 4.13. The summed E-state index contributed by atoms with van der Waals surface area (Å²) in [6, 6.07) is 16.8. The highest BCUT2D eigenvalue weighted by Gasteiger charge is 2.38. The van der Waals surface area contributed by atoms with Gasteiger partial charge in [0.1, 0.15) is 0 Å². The second kappa shape index (κ2) is 10.2. The molecule has 1 atom stereocenters. The summed E-state index contributed by atoms with van der Waals surface area (Å²) in [6.45, 7) is 1.15. The molecule has 0 aromatic heterocycles. The zero-order chi connectivity index (χ0) is 22.3. The predicted molar refractivity (Wildman–Crippen MR) is 123 cm³/mol. The third-order valence-corrected chi connectivity index (χ3v) is 5.83. The van der Waals surface area contributed by atoms with Crippen molar-refractivity contribution in [3.63, 3.8) is 0 Å². The van der Waals surface area contributed by atoms with E-state index in [0.29, 0.717) is 30.2 Å². The number of hydrazone groups is 1. The van der Waals surface area contributed by atoms with Crippen LogP contribution < -0.4 is 22.2 Å². The van der Waals surface area contributed by atoms with E-state index in [1.165, 1.54) is 0 Å². The van der Waals surface area contributed by atoms with E-state index >= 15 is 0 Å². The van der Waals surface area contributed by atoms with Crippen LogP contribution in [0, 0.1) is 0 Å². The lowest BCUT2D eigenvalue weighted by molar-refractivity contribution is -0.120. The van der Waals surface area contributed by atoms with Gasteiger partial charge in [-0.05, 0) is 49.1 Å². The van der Waals surface area contributed by atoms with Crippen molar-refractivity contribution in [2.75, 3.05) is 18.4 Å². The van der Waals surface area contributed by atoms with Crippen molar-refractivity contribution in [3.05, 3.63) is 65.2 Å². The van der Waals surface area contributed by atoms with Gasteiger partial charge in [0.05, 0.1) is 0 Å². The van der Waals surface area contributed by atoms with Gasteiger partial charge in [-0.15, -0.1) is 5.10 Å². The van der Waals surface area contributed by atoms with Gasteiger partial charge >= 0.3 is 6.03 Å². The first-order chi connectivity index (χ1) is 14.9. The van der Waals surface area contributed by atoms with Gasteiger partial charge in [-0.1, -0.05) is 41.9 Å². The number of guanidine groups is 1. The van der Waals surface area contributed by atoms with E-state index in [1.54, 1.807) is 29.2 Å². The van der Waals surface area contributed by atoms with Crippen LogP contribution in [-0.4, -0.2) is 35.9 Å². The number of carbonyl (C=O) groups is 2. The largest absolute Gasteiger partial charge is 0.368 e. The SMILES string of the molecule is N/N=C(\N)NC(=O)CCC1(c2ccccc2)CCCN(C(=O)Nc2ccc(Cl)cc2)C1. The van der Waals surface area contributed by atoms with Crippen LogP contribution in [0.4, 0.5) is 10.5 Å². The van der Waals surface area contributed by atoms with E-state index in [4.69, 9.17) is 23.2 Å². The number of hydrogen-bond donors (Lipinski definition) is 4. The molecule has 1 aliphatic rings. The fourth-order valence-electron chi connectivity index (χ4n) is 4.01. The smallest absolute Gasteiger partial charge is 0.321 e. The maximum Gasteiger partial charge on any atom is 0.321 e. The van der Waals surface area contributed by atoms with Gasteiger partial charge in [0, 0.05) is 35.6 Å². The number of rotatable bonds is 5. The van der Waals surface area contributed by atoms with Crippen LogP contribution in [-0.2, 0) is 10.2 Å². The number of benzene rings is 2. The quantitative estimate of drug-likeness (QED) is 0.246. The van der Waals surface area contributed by atoms with Gasteiger partial charge in [-0.2, -0.15) is 0 Å². The van der Waals surface area contributed by atoms with Crippen molar-refractivity contribution >= 4 is 35.2 Å². The van der Waals surface area contributed by atoms with E-state index in [9.17, 15) is 9.59 Å². The number of hydrogen-bond acceptors (Lipinski definition) is 4. The normalized spacial score (nSPS) is 19.0. The van der Waals surface area contributed by atoms with Crippen LogP contribution in [0.15, 0.2) is 59.7 Å². The lowest BCUT2D eigenvalue weighted by atomic mass is 9.71. The summed E-state index contributed by atoms with van der Waals surface area (Å²) in [5, 5.41) is 9.28. The molecule has 1 unspecified atom stereocenters. The Balaban J connectivity index is 1.76. The van der Waals surface area contributed by atoms with Gasteiger partial charge in [-0.3, -0.25) is 10.1 Å². The molecule has 164 valence electrons.